The monoisotopic (exact) mass is 342 g/mol. The van der Waals surface area contributed by atoms with Crippen LogP contribution in [0.1, 0.15) is 40.5 Å². The third-order valence-electron chi connectivity index (χ3n) is 4.77. The molecule has 4 heteroatoms. The van der Waals surface area contributed by atoms with Gasteiger partial charge < -0.3 is 19.6 Å². The third-order valence-corrected chi connectivity index (χ3v) is 4.77. The van der Waals surface area contributed by atoms with Crippen LogP contribution < -0.4 is 0 Å². The van der Waals surface area contributed by atoms with Crippen LogP contribution in [-0.4, -0.2) is 100 Å². The quantitative estimate of drug-likeness (QED) is 0.454. The highest BCUT2D eigenvalue weighted by atomic mass is 15.2. The number of hydrogen-bond donors (Lipinski definition) is 0. The van der Waals surface area contributed by atoms with Crippen molar-refractivity contribution in [2.45, 2.75) is 40.5 Å². The van der Waals surface area contributed by atoms with Gasteiger partial charge in [0, 0.05) is 39.3 Å². The van der Waals surface area contributed by atoms with Gasteiger partial charge in [-0.2, -0.15) is 0 Å². The average molecular weight is 343 g/mol. The molecule has 0 aliphatic rings. The van der Waals surface area contributed by atoms with Crippen molar-refractivity contribution in [3.63, 3.8) is 0 Å². The molecule has 0 unspecified atom stereocenters. The van der Waals surface area contributed by atoms with Crippen LogP contribution in [0.25, 0.3) is 0 Å². The van der Waals surface area contributed by atoms with Gasteiger partial charge in [-0.1, -0.05) is 27.7 Å². The molecule has 0 atom stereocenters. The lowest BCUT2D eigenvalue weighted by molar-refractivity contribution is 0.206. The van der Waals surface area contributed by atoms with Crippen LogP contribution >= 0.6 is 0 Å². The summed E-state index contributed by atoms with van der Waals surface area (Å²) in [6.07, 6.45) is 2.60. The second-order valence-corrected chi connectivity index (χ2v) is 8.58. The van der Waals surface area contributed by atoms with Crippen LogP contribution in [0.3, 0.4) is 0 Å². The molecule has 0 bridgehead atoms. The fraction of sp³-hybridized carbons (Fsp3) is 1.00. The smallest absolute Gasteiger partial charge is 0.0107 e. The summed E-state index contributed by atoms with van der Waals surface area (Å²) < 4.78 is 0. The number of hydrogen-bond acceptors (Lipinski definition) is 4. The molecule has 0 rings (SSSR count). The Morgan fingerprint density at radius 1 is 0.417 bits per heavy atom. The van der Waals surface area contributed by atoms with Crippen LogP contribution in [0.2, 0.25) is 0 Å². The highest BCUT2D eigenvalue weighted by molar-refractivity contribution is 4.63. The largest absolute Gasteiger partial charge is 0.305 e. The summed E-state index contributed by atoms with van der Waals surface area (Å²) in [5.41, 5.74) is 0. The van der Waals surface area contributed by atoms with Crippen LogP contribution in [0.4, 0.5) is 0 Å². The van der Waals surface area contributed by atoms with Gasteiger partial charge in [0.1, 0.15) is 0 Å². The van der Waals surface area contributed by atoms with Gasteiger partial charge in [0.25, 0.3) is 0 Å². The lowest BCUT2D eigenvalue weighted by Crippen LogP contribution is -2.38. The Morgan fingerprint density at radius 2 is 0.625 bits per heavy atom. The van der Waals surface area contributed by atoms with Crippen molar-refractivity contribution in [1.82, 2.24) is 19.6 Å². The molecule has 0 amide bonds. The lowest BCUT2D eigenvalue weighted by atomic mass is 10.1. The summed E-state index contributed by atoms with van der Waals surface area (Å²) >= 11 is 0. The standard InChI is InChI=1S/C20H46N4/c1-19(2)9-11-21(5)13-15-23(7)17-18-24(8)16-14-22(6)12-10-20(3)4/h19-20H,9-18H2,1-8H3. The van der Waals surface area contributed by atoms with Crippen molar-refractivity contribution in [3.05, 3.63) is 0 Å². The van der Waals surface area contributed by atoms with Gasteiger partial charge in [0.2, 0.25) is 0 Å². The Morgan fingerprint density at radius 3 is 0.833 bits per heavy atom. The number of likely N-dealkylation sites (N-methyl/N-ethyl adjacent to an activating group) is 4. The Kier molecular flexibility index (Phi) is 14.0. The normalized spacial score (nSPS) is 12.8. The SMILES string of the molecule is CC(C)CCN(C)CCN(C)CCN(C)CCN(C)CCC(C)C. The van der Waals surface area contributed by atoms with E-state index in [1.54, 1.807) is 0 Å². The molecule has 0 aromatic heterocycles. The molecular weight excluding hydrogens is 296 g/mol. The van der Waals surface area contributed by atoms with E-state index in [-0.39, 0.29) is 0 Å². The predicted octanol–water partition coefficient (Wildman–Crippen LogP) is 2.81. The minimum Gasteiger partial charge on any atom is -0.305 e. The first-order chi connectivity index (χ1) is 11.2. The molecule has 0 spiro atoms. The van der Waals surface area contributed by atoms with Gasteiger partial charge in [0.05, 0.1) is 0 Å². The highest BCUT2D eigenvalue weighted by Gasteiger charge is 2.06. The van der Waals surface area contributed by atoms with Crippen molar-refractivity contribution in [2.75, 3.05) is 80.5 Å². The molecule has 0 saturated carbocycles. The molecule has 0 aliphatic heterocycles. The van der Waals surface area contributed by atoms with E-state index >= 15 is 0 Å². The van der Waals surface area contributed by atoms with E-state index in [4.69, 9.17) is 0 Å². The lowest BCUT2D eigenvalue weighted by Gasteiger charge is -2.26. The van der Waals surface area contributed by atoms with E-state index in [9.17, 15) is 0 Å². The molecule has 0 aliphatic carbocycles. The topological polar surface area (TPSA) is 13.0 Å². The summed E-state index contributed by atoms with van der Waals surface area (Å²) in [5.74, 6) is 1.61. The predicted molar refractivity (Wildman–Crippen MR) is 109 cm³/mol. The zero-order valence-electron chi connectivity index (χ0n) is 18.0. The van der Waals surface area contributed by atoms with Crippen molar-refractivity contribution in [1.29, 1.82) is 0 Å². The Labute approximate surface area is 153 Å². The molecule has 146 valence electrons. The van der Waals surface area contributed by atoms with Crippen molar-refractivity contribution < 1.29 is 0 Å². The molecule has 0 N–H and O–H groups in total. The van der Waals surface area contributed by atoms with Gasteiger partial charge >= 0.3 is 0 Å². The minimum absolute atomic E-state index is 0.803. The first-order valence-corrected chi connectivity index (χ1v) is 9.94. The highest BCUT2D eigenvalue weighted by Crippen LogP contribution is 2.01. The minimum atomic E-state index is 0.803. The van der Waals surface area contributed by atoms with E-state index in [0.29, 0.717) is 0 Å². The maximum absolute atomic E-state index is 2.46. The van der Waals surface area contributed by atoms with E-state index in [1.807, 2.05) is 0 Å². The molecule has 24 heavy (non-hydrogen) atoms. The zero-order chi connectivity index (χ0) is 18.5. The Balaban J connectivity index is 3.68. The van der Waals surface area contributed by atoms with E-state index < -0.39 is 0 Å². The van der Waals surface area contributed by atoms with Gasteiger partial charge in [-0.25, -0.2) is 0 Å². The van der Waals surface area contributed by atoms with Gasteiger partial charge in [0.15, 0.2) is 0 Å². The fourth-order valence-corrected chi connectivity index (χ4v) is 2.43. The molecule has 0 aromatic carbocycles. The molecule has 0 saturated heterocycles. The molecule has 0 radical (unpaired) electrons. The second-order valence-electron chi connectivity index (χ2n) is 8.58. The summed E-state index contributed by atoms with van der Waals surface area (Å²) in [6, 6.07) is 0. The van der Waals surface area contributed by atoms with E-state index in [2.05, 4.69) is 75.5 Å². The summed E-state index contributed by atoms with van der Waals surface area (Å²) in [4.78, 5) is 9.85. The van der Waals surface area contributed by atoms with Crippen LogP contribution in [0.5, 0.6) is 0 Å². The van der Waals surface area contributed by atoms with E-state index in [1.165, 1.54) is 39.0 Å². The Hall–Kier alpha value is -0.160. The van der Waals surface area contributed by atoms with Crippen LogP contribution in [0.15, 0.2) is 0 Å². The third kappa shape index (κ3) is 15.4. The van der Waals surface area contributed by atoms with Crippen molar-refractivity contribution in [2.24, 2.45) is 11.8 Å². The van der Waals surface area contributed by atoms with Crippen molar-refractivity contribution in [3.8, 4) is 0 Å². The molecule has 0 heterocycles. The summed E-state index contributed by atoms with van der Waals surface area (Å²) in [5, 5.41) is 0. The maximum Gasteiger partial charge on any atom is 0.0107 e. The zero-order valence-corrected chi connectivity index (χ0v) is 18.0. The van der Waals surface area contributed by atoms with E-state index in [0.717, 1.165) is 38.0 Å². The first kappa shape index (κ1) is 23.8. The maximum atomic E-state index is 2.46. The fourth-order valence-electron chi connectivity index (χ4n) is 2.43. The van der Waals surface area contributed by atoms with Gasteiger partial charge in [-0.05, 0) is 66.0 Å². The molecule has 4 nitrogen and oxygen atoms in total. The van der Waals surface area contributed by atoms with Crippen LogP contribution in [0, 0.1) is 11.8 Å². The molecule has 0 fully saturated rings. The molecular formula is C20H46N4. The number of rotatable bonds is 15. The Bertz CT molecular complexity index is 253. The molecule has 0 aromatic rings. The van der Waals surface area contributed by atoms with Crippen LogP contribution in [-0.2, 0) is 0 Å². The first-order valence-electron chi connectivity index (χ1n) is 9.94. The second kappa shape index (κ2) is 14.1. The average Bonchev–Trinajstić information content (AvgIpc) is 2.52. The van der Waals surface area contributed by atoms with Crippen molar-refractivity contribution >= 4 is 0 Å². The number of nitrogens with zero attached hydrogens (tertiary/aromatic N) is 4. The van der Waals surface area contributed by atoms with Gasteiger partial charge in [-0.15, -0.1) is 0 Å². The summed E-state index contributed by atoms with van der Waals surface area (Å²) in [6.45, 7) is 18.6. The summed E-state index contributed by atoms with van der Waals surface area (Å²) in [7, 11) is 8.99. The van der Waals surface area contributed by atoms with Gasteiger partial charge in [-0.3, -0.25) is 0 Å².